The van der Waals surface area contributed by atoms with E-state index in [2.05, 4.69) is 15.3 Å². The van der Waals surface area contributed by atoms with Gasteiger partial charge in [-0.05, 0) is 51.8 Å². The van der Waals surface area contributed by atoms with Gasteiger partial charge in [-0.2, -0.15) is 0 Å². The summed E-state index contributed by atoms with van der Waals surface area (Å²) in [7, 11) is 0. The molecule has 1 unspecified atom stereocenters. The van der Waals surface area contributed by atoms with Crippen molar-refractivity contribution < 1.29 is 14.4 Å². The predicted octanol–water partition coefficient (Wildman–Crippen LogP) is 2.05. The minimum Gasteiger partial charge on any atom is -0.341 e. The lowest BCUT2D eigenvalue weighted by molar-refractivity contribution is -0.143. The monoisotopic (exact) mass is 395 g/mol. The Kier molecular flexibility index (Phi) is 4.72. The fourth-order valence-corrected chi connectivity index (χ4v) is 4.10. The molecule has 0 bridgehead atoms. The molecule has 4 heterocycles. The number of fused-ring (bicyclic) bond motifs is 1. The van der Waals surface area contributed by atoms with E-state index in [9.17, 15) is 14.4 Å². The third kappa shape index (κ3) is 3.43. The average Bonchev–Trinajstić information content (AvgIpc) is 2.93. The second kappa shape index (κ2) is 7.09. The Morgan fingerprint density at radius 3 is 2.62 bits per heavy atom. The van der Waals surface area contributed by atoms with Crippen molar-refractivity contribution in [2.45, 2.75) is 51.1 Å². The highest BCUT2D eigenvalue weighted by Gasteiger charge is 2.48. The van der Waals surface area contributed by atoms with Crippen molar-refractivity contribution in [3.63, 3.8) is 0 Å². The van der Waals surface area contributed by atoms with Crippen LogP contribution < -0.4 is 5.32 Å². The SMILES string of the molecule is CC(C(=O)N1CCC(c2cc3ncccc3cn2)CC1)N1C(=O)NC(C)(C)C1=O. The molecule has 29 heavy (non-hydrogen) atoms. The Morgan fingerprint density at radius 1 is 1.24 bits per heavy atom. The first-order valence-corrected chi connectivity index (χ1v) is 9.93. The van der Waals surface area contributed by atoms with Crippen molar-refractivity contribution in [2.75, 3.05) is 13.1 Å². The molecule has 2 aliphatic rings. The molecule has 0 aromatic carbocycles. The quantitative estimate of drug-likeness (QED) is 0.803. The zero-order valence-electron chi connectivity index (χ0n) is 16.9. The van der Waals surface area contributed by atoms with E-state index in [1.807, 2.05) is 24.4 Å². The van der Waals surface area contributed by atoms with Crippen molar-refractivity contribution in [2.24, 2.45) is 0 Å². The first-order chi connectivity index (χ1) is 13.8. The maximum absolute atomic E-state index is 12.9. The van der Waals surface area contributed by atoms with Crippen LogP contribution in [0.4, 0.5) is 4.79 Å². The number of nitrogens with zero attached hydrogens (tertiary/aromatic N) is 4. The van der Waals surface area contributed by atoms with Gasteiger partial charge in [0.15, 0.2) is 0 Å². The maximum atomic E-state index is 12.9. The number of imide groups is 1. The Labute approximate surface area is 169 Å². The van der Waals surface area contributed by atoms with Crippen molar-refractivity contribution in [3.8, 4) is 0 Å². The second-order valence-electron chi connectivity index (χ2n) is 8.31. The van der Waals surface area contributed by atoms with Gasteiger partial charge >= 0.3 is 6.03 Å². The number of carbonyl (C=O) groups is 3. The van der Waals surface area contributed by atoms with Gasteiger partial charge in [-0.25, -0.2) is 9.69 Å². The predicted molar refractivity (Wildman–Crippen MR) is 107 cm³/mol. The average molecular weight is 395 g/mol. The standard InChI is InChI=1S/C21H25N5O3/c1-13(26-19(28)21(2,3)24-20(26)29)18(27)25-9-6-14(7-10-25)16-11-17-15(12-23-16)5-4-8-22-17/h4-5,8,11-14H,6-7,9-10H2,1-3H3,(H,24,29). The van der Waals surface area contributed by atoms with Crippen molar-refractivity contribution in [3.05, 3.63) is 36.3 Å². The molecule has 2 fully saturated rings. The minimum atomic E-state index is -0.978. The first kappa shape index (κ1) is 19.3. The smallest absolute Gasteiger partial charge is 0.325 e. The molecule has 2 aliphatic heterocycles. The highest BCUT2D eigenvalue weighted by atomic mass is 16.2. The van der Waals surface area contributed by atoms with Crippen molar-refractivity contribution in [1.29, 1.82) is 0 Å². The lowest BCUT2D eigenvalue weighted by Crippen LogP contribution is -2.52. The molecule has 0 spiro atoms. The molecular formula is C21H25N5O3. The summed E-state index contributed by atoms with van der Waals surface area (Å²) in [5.41, 5.74) is 0.937. The topological polar surface area (TPSA) is 95.5 Å². The van der Waals surface area contributed by atoms with E-state index in [4.69, 9.17) is 0 Å². The number of piperidine rings is 1. The fourth-order valence-electron chi connectivity index (χ4n) is 4.10. The lowest BCUT2D eigenvalue weighted by Gasteiger charge is -2.34. The van der Waals surface area contributed by atoms with Gasteiger partial charge in [0.1, 0.15) is 11.6 Å². The number of rotatable bonds is 3. The largest absolute Gasteiger partial charge is 0.341 e. The summed E-state index contributed by atoms with van der Waals surface area (Å²) < 4.78 is 0. The van der Waals surface area contributed by atoms with Gasteiger partial charge in [-0.1, -0.05) is 0 Å². The van der Waals surface area contributed by atoms with Gasteiger partial charge in [0.2, 0.25) is 5.91 Å². The molecule has 0 radical (unpaired) electrons. The fraction of sp³-hybridized carbons (Fsp3) is 0.476. The maximum Gasteiger partial charge on any atom is 0.325 e. The lowest BCUT2D eigenvalue weighted by atomic mass is 9.92. The van der Waals surface area contributed by atoms with Crippen LogP contribution in [0.15, 0.2) is 30.6 Å². The Balaban J connectivity index is 1.41. The molecule has 2 aromatic rings. The number of likely N-dealkylation sites (tertiary alicyclic amines) is 1. The summed E-state index contributed by atoms with van der Waals surface area (Å²) in [6.45, 7) is 6.04. The van der Waals surface area contributed by atoms with Gasteiger partial charge in [0, 0.05) is 42.5 Å². The summed E-state index contributed by atoms with van der Waals surface area (Å²) >= 11 is 0. The molecule has 1 atom stereocenters. The third-order valence-corrected chi connectivity index (χ3v) is 5.87. The molecular weight excluding hydrogens is 370 g/mol. The molecule has 2 saturated heterocycles. The van der Waals surface area contributed by atoms with Gasteiger partial charge in [-0.3, -0.25) is 19.6 Å². The minimum absolute atomic E-state index is 0.196. The summed E-state index contributed by atoms with van der Waals surface area (Å²) in [6, 6.07) is 4.57. The number of aromatic nitrogens is 2. The molecule has 0 saturated carbocycles. The number of amides is 4. The molecule has 0 aliphatic carbocycles. The van der Waals surface area contributed by atoms with Crippen LogP contribution in [-0.2, 0) is 9.59 Å². The summed E-state index contributed by atoms with van der Waals surface area (Å²) in [6.07, 6.45) is 5.19. The number of carbonyl (C=O) groups excluding carboxylic acids is 3. The first-order valence-electron chi connectivity index (χ1n) is 9.93. The number of hydrogen-bond donors (Lipinski definition) is 1. The molecule has 8 nitrogen and oxygen atoms in total. The number of urea groups is 1. The molecule has 152 valence electrons. The van der Waals surface area contributed by atoms with E-state index in [0.29, 0.717) is 13.1 Å². The van der Waals surface area contributed by atoms with Crippen LogP contribution in [0.5, 0.6) is 0 Å². The number of pyridine rings is 2. The Hall–Kier alpha value is -3.03. The summed E-state index contributed by atoms with van der Waals surface area (Å²) in [4.78, 5) is 49.3. The van der Waals surface area contributed by atoms with Crippen LogP contribution in [-0.4, -0.2) is 62.3 Å². The van der Waals surface area contributed by atoms with E-state index >= 15 is 0 Å². The van der Waals surface area contributed by atoms with Crippen LogP contribution in [0.25, 0.3) is 10.9 Å². The summed E-state index contributed by atoms with van der Waals surface area (Å²) in [5, 5.41) is 3.64. The van der Waals surface area contributed by atoms with E-state index < -0.39 is 17.6 Å². The number of nitrogens with one attached hydrogen (secondary N) is 1. The van der Waals surface area contributed by atoms with E-state index in [1.54, 1.807) is 31.9 Å². The molecule has 4 rings (SSSR count). The van der Waals surface area contributed by atoms with Crippen LogP contribution in [0.1, 0.15) is 45.2 Å². The molecule has 4 amide bonds. The van der Waals surface area contributed by atoms with Gasteiger partial charge < -0.3 is 10.2 Å². The molecule has 2 aromatic heterocycles. The van der Waals surface area contributed by atoms with E-state index in [-0.39, 0.29) is 17.7 Å². The molecule has 1 N–H and O–H groups in total. The zero-order chi connectivity index (χ0) is 20.8. The van der Waals surface area contributed by atoms with Crippen LogP contribution in [0.3, 0.4) is 0 Å². The third-order valence-electron chi connectivity index (χ3n) is 5.87. The normalized spacial score (nSPS) is 20.8. The zero-order valence-corrected chi connectivity index (χ0v) is 16.9. The number of hydrogen-bond acceptors (Lipinski definition) is 5. The highest BCUT2D eigenvalue weighted by Crippen LogP contribution is 2.29. The highest BCUT2D eigenvalue weighted by molar-refractivity contribution is 6.09. The molecule has 8 heteroatoms. The van der Waals surface area contributed by atoms with Gasteiger partial charge in [0.25, 0.3) is 5.91 Å². The second-order valence-corrected chi connectivity index (χ2v) is 8.31. The summed E-state index contributed by atoms with van der Waals surface area (Å²) in [5.74, 6) is -0.305. The van der Waals surface area contributed by atoms with Crippen LogP contribution in [0, 0.1) is 0 Å². The van der Waals surface area contributed by atoms with Crippen molar-refractivity contribution >= 4 is 28.7 Å². The van der Waals surface area contributed by atoms with Crippen LogP contribution in [0.2, 0.25) is 0 Å². The Bertz CT molecular complexity index is 981. The van der Waals surface area contributed by atoms with E-state index in [1.165, 1.54) is 0 Å². The van der Waals surface area contributed by atoms with Crippen LogP contribution >= 0.6 is 0 Å². The van der Waals surface area contributed by atoms with E-state index in [0.717, 1.165) is 34.3 Å². The Morgan fingerprint density at radius 2 is 1.97 bits per heavy atom. The van der Waals surface area contributed by atoms with Crippen molar-refractivity contribution in [1.82, 2.24) is 25.1 Å². The van der Waals surface area contributed by atoms with Gasteiger partial charge in [-0.15, -0.1) is 0 Å². The van der Waals surface area contributed by atoms with Gasteiger partial charge in [0.05, 0.1) is 5.52 Å².